The Kier molecular flexibility index (Phi) is 6.46. The van der Waals surface area contributed by atoms with Gasteiger partial charge in [0.05, 0.1) is 42.3 Å². The highest BCUT2D eigenvalue weighted by Crippen LogP contribution is 2.48. The Morgan fingerprint density at radius 1 is 1.28 bits per heavy atom. The van der Waals surface area contributed by atoms with Gasteiger partial charge in [-0.3, -0.25) is 4.79 Å². The number of nitrogens with zero attached hydrogens (tertiary/aromatic N) is 2. The van der Waals surface area contributed by atoms with E-state index < -0.39 is 11.4 Å². The summed E-state index contributed by atoms with van der Waals surface area (Å²) in [5.41, 5.74) is 1.51. The first-order chi connectivity index (χ1) is 15.3. The zero-order chi connectivity index (χ0) is 23.0. The molecule has 2 aromatic rings. The summed E-state index contributed by atoms with van der Waals surface area (Å²) in [6.07, 6.45) is 1.98. The summed E-state index contributed by atoms with van der Waals surface area (Å²) in [6.45, 7) is 6.33. The zero-order valence-corrected chi connectivity index (χ0v) is 19.1. The van der Waals surface area contributed by atoms with Gasteiger partial charge in [0, 0.05) is 44.0 Å². The standard InChI is InChI=1S/C23H27ClN2O6/c1-13(2)22-25-10-16(23(28)29)20(27)8-18(25)15-7-17(24)21(32-6-4-5-30-3)9-19(15)26(22)14-11-31-12-14/h7-10,13-14,22H,4-6,11-12H2,1-3H3,(H,28,29). The van der Waals surface area contributed by atoms with Gasteiger partial charge in [-0.1, -0.05) is 25.4 Å². The second-order valence-corrected chi connectivity index (χ2v) is 8.81. The topological polar surface area (TPSA) is 90.2 Å². The lowest BCUT2D eigenvalue weighted by atomic mass is 9.95. The minimum absolute atomic E-state index is 0.115. The van der Waals surface area contributed by atoms with E-state index in [1.807, 2.05) is 10.6 Å². The average Bonchev–Trinajstić information content (AvgIpc) is 2.70. The van der Waals surface area contributed by atoms with E-state index in [-0.39, 0.29) is 23.7 Å². The smallest absolute Gasteiger partial charge is 0.341 e. The van der Waals surface area contributed by atoms with Crippen LogP contribution < -0.4 is 15.1 Å². The van der Waals surface area contributed by atoms with Gasteiger partial charge in [0.1, 0.15) is 17.5 Å². The first kappa shape index (κ1) is 22.6. The summed E-state index contributed by atoms with van der Waals surface area (Å²) in [5.74, 6) is -0.560. The lowest BCUT2D eigenvalue weighted by Gasteiger charge is -2.50. The van der Waals surface area contributed by atoms with Gasteiger partial charge in [-0.2, -0.15) is 0 Å². The number of carboxylic acids is 1. The molecule has 4 rings (SSSR count). The summed E-state index contributed by atoms with van der Waals surface area (Å²) in [4.78, 5) is 26.5. The number of hydrogen-bond acceptors (Lipinski definition) is 6. The summed E-state index contributed by atoms with van der Waals surface area (Å²) in [5, 5.41) is 9.95. The average molecular weight is 463 g/mol. The van der Waals surface area contributed by atoms with E-state index in [9.17, 15) is 14.7 Å². The monoisotopic (exact) mass is 462 g/mol. The van der Waals surface area contributed by atoms with Crippen molar-refractivity contribution in [3.63, 3.8) is 0 Å². The summed E-state index contributed by atoms with van der Waals surface area (Å²) in [7, 11) is 1.64. The number of carboxylic acid groups (broad SMARTS) is 1. The molecule has 3 heterocycles. The van der Waals surface area contributed by atoms with Crippen LogP contribution in [-0.2, 0) is 9.47 Å². The fourth-order valence-corrected chi connectivity index (χ4v) is 4.54. The Hall–Kier alpha value is -2.55. The van der Waals surface area contributed by atoms with Gasteiger partial charge < -0.3 is 28.8 Å². The maximum atomic E-state index is 12.6. The molecule has 1 aromatic heterocycles. The highest BCUT2D eigenvalue weighted by molar-refractivity contribution is 6.32. The molecule has 8 nitrogen and oxygen atoms in total. The molecule has 2 aliphatic heterocycles. The van der Waals surface area contributed by atoms with Crippen LogP contribution >= 0.6 is 11.6 Å². The van der Waals surface area contributed by atoms with Crippen molar-refractivity contribution in [2.24, 2.45) is 5.92 Å². The molecular weight excluding hydrogens is 436 g/mol. The third-order valence-corrected chi connectivity index (χ3v) is 6.14. The predicted molar refractivity (Wildman–Crippen MR) is 121 cm³/mol. The normalized spacial score (nSPS) is 17.7. The molecule has 1 unspecified atom stereocenters. The number of fused-ring (bicyclic) bond motifs is 3. The molecule has 0 aliphatic carbocycles. The molecule has 1 saturated heterocycles. The SMILES string of the molecule is COCCCOc1cc2c(cc1Cl)-c1cc(=O)c(C(=O)O)cn1C(C(C)C)N2C1COC1. The van der Waals surface area contributed by atoms with Crippen molar-refractivity contribution in [2.75, 3.05) is 38.4 Å². The second kappa shape index (κ2) is 9.13. The van der Waals surface area contributed by atoms with Crippen molar-refractivity contribution in [3.05, 3.63) is 45.2 Å². The zero-order valence-electron chi connectivity index (χ0n) is 18.3. The fourth-order valence-electron chi connectivity index (χ4n) is 4.32. The molecule has 0 bridgehead atoms. The van der Waals surface area contributed by atoms with Crippen LogP contribution in [0.25, 0.3) is 11.3 Å². The molecule has 172 valence electrons. The highest BCUT2D eigenvalue weighted by atomic mass is 35.5. The number of halogens is 1. The van der Waals surface area contributed by atoms with Gasteiger partial charge in [0.25, 0.3) is 0 Å². The van der Waals surface area contributed by atoms with Crippen LogP contribution in [0.15, 0.2) is 29.2 Å². The Morgan fingerprint density at radius 3 is 2.62 bits per heavy atom. The summed E-state index contributed by atoms with van der Waals surface area (Å²) < 4.78 is 18.4. The molecule has 32 heavy (non-hydrogen) atoms. The molecular formula is C23H27ClN2O6. The van der Waals surface area contributed by atoms with Crippen LogP contribution in [0.4, 0.5) is 5.69 Å². The molecule has 0 radical (unpaired) electrons. The third-order valence-electron chi connectivity index (χ3n) is 5.84. The number of rotatable bonds is 8. The Morgan fingerprint density at radius 2 is 2.03 bits per heavy atom. The van der Waals surface area contributed by atoms with Crippen molar-refractivity contribution in [3.8, 4) is 17.0 Å². The number of ether oxygens (including phenoxy) is 3. The van der Waals surface area contributed by atoms with E-state index in [1.165, 1.54) is 12.3 Å². The lowest BCUT2D eigenvalue weighted by Crippen LogP contribution is -2.55. The fraction of sp³-hybridized carbons (Fsp3) is 0.478. The van der Waals surface area contributed by atoms with Crippen LogP contribution in [0.1, 0.15) is 36.8 Å². The van der Waals surface area contributed by atoms with Gasteiger partial charge in [0.2, 0.25) is 0 Å². The number of hydrogen-bond donors (Lipinski definition) is 1. The first-order valence-electron chi connectivity index (χ1n) is 10.6. The van der Waals surface area contributed by atoms with E-state index in [0.717, 1.165) is 17.7 Å². The molecule has 1 fully saturated rings. The number of aromatic carboxylic acids is 1. The van der Waals surface area contributed by atoms with Gasteiger partial charge >= 0.3 is 5.97 Å². The van der Waals surface area contributed by atoms with Crippen LogP contribution in [-0.4, -0.2) is 55.2 Å². The Balaban J connectivity index is 1.88. The van der Waals surface area contributed by atoms with Crippen molar-refractivity contribution < 1.29 is 24.1 Å². The second-order valence-electron chi connectivity index (χ2n) is 8.40. The molecule has 9 heteroatoms. The maximum Gasteiger partial charge on any atom is 0.341 e. The largest absolute Gasteiger partial charge is 0.492 e. The Bertz CT molecular complexity index is 1080. The number of benzene rings is 1. The minimum atomic E-state index is -1.24. The van der Waals surface area contributed by atoms with Crippen molar-refractivity contribution in [1.82, 2.24) is 4.57 Å². The maximum absolute atomic E-state index is 12.6. The van der Waals surface area contributed by atoms with Gasteiger partial charge in [-0.05, 0) is 12.0 Å². The molecule has 1 atom stereocenters. The van der Waals surface area contributed by atoms with Gasteiger partial charge in [0.15, 0.2) is 5.43 Å². The molecule has 2 aliphatic rings. The van der Waals surface area contributed by atoms with Crippen LogP contribution in [0.5, 0.6) is 5.75 Å². The summed E-state index contributed by atoms with van der Waals surface area (Å²) in [6, 6.07) is 5.21. The third kappa shape index (κ3) is 3.98. The number of carbonyl (C=O) groups is 1. The number of aromatic nitrogens is 1. The minimum Gasteiger partial charge on any atom is -0.492 e. The molecule has 1 N–H and O–H groups in total. The van der Waals surface area contributed by atoms with E-state index in [1.54, 1.807) is 13.2 Å². The number of pyridine rings is 1. The van der Waals surface area contributed by atoms with Crippen LogP contribution in [0.2, 0.25) is 5.02 Å². The first-order valence-corrected chi connectivity index (χ1v) is 11.0. The molecule has 1 aromatic carbocycles. The van der Waals surface area contributed by atoms with Gasteiger partial charge in [-0.15, -0.1) is 0 Å². The van der Waals surface area contributed by atoms with E-state index in [0.29, 0.717) is 42.9 Å². The molecule has 0 saturated carbocycles. The lowest BCUT2D eigenvalue weighted by molar-refractivity contribution is -0.000986. The molecule has 0 amide bonds. The van der Waals surface area contributed by atoms with E-state index in [4.69, 9.17) is 25.8 Å². The molecule has 0 spiro atoms. The predicted octanol–water partition coefficient (Wildman–Crippen LogP) is 3.66. The highest BCUT2D eigenvalue weighted by Gasteiger charge is 2.40. The number of methoxy groups -OCH3 is 1. The van der Waals surface area contributed by atoms with E-state index >= 15 is 0 Å². The quantitative estimate of drug-likeness (QED) is 0.599. The van der Waals surface area contributed by atoms with Gasteiger partial charge in [-0.25, -0.2) is 4.79 Å². The number of anilines is 1. The van der Waals surface area contributed by atoms with Crippen LogP contribution in [0, 0.1) is 5.92 Å². The van der Waals surface area contributed by atoms with Crippen LogP contribution in [0.3, 0.4) is 0 Å². The summed E-state index contributed by atoms with van der Waals surface area (Å²) >= 11 is 6.56. The van der Waals surface area contributed by atoms with Crippen molar-refractivity contribution in [2.45, 2.75) is 32.5 Å². The Labute approximate surface area is 191 Å². The van der Waals surface area contributed by atoms with Crippen molar-refractivity contribution >= 4 is 23.3 Å². The van der Waals surface area contributed by atoms with E-state index in [2.05, 4.69) is 18.7 Å². The van der Waals surface area contributed by atoms with Crippen molar-refractivity contribution in [1.29, 1.82) is 0 Å².